The van der Waals surface area contributed by atoms with Crippen LogP contribution in [0.2, 0.25) is 0 Å². The smallest absolute Gasteiger partial charge is 0.316 e. The molecule has 23 heavy (non-hydrogen) atoms. The van der Waals surface area contributed by atoms with Gasteiger partial charge in [-0.3, -0.25) is 4.79 Å². The standard InChI is InChI=1S/C19H34O4/c1-5-9-17(20)12-16(15-10-8-11-15)13-18(14(4)22-6-2)19(21)23-7-3/h15-18,20H,4-13H2,1-3H3. The van der Waals surface area contributed by atoms with Crippen LogP contribution in [-0.2, 0) is 14.3 Å². The van der Waals surface area contributed by atoms with Gasteiger partial charge in [0.25, 0.3) is 0 Å². The van der Waals surface area contributed by atoms with Crippen molar-refractivity contribution >= 4 is 5.97 Å². The Morgan fingerprint density at radius 2 is 1.83 bits per heavy atom. The van der Waals surface area contributed by atoms with E-state index < -0.39 is 5.92 Å². The summed E-state index contributed by atoms with van der Waals surface area (Å²) in [5.74, 6) is 0.764. The van der Waals surface area contributed by atoms with Gasteiger partial charge >= 0.3 is 5.97 Å². The van der Waals surface area contributed by atoms with E-state index in [0.717, 1.165) is 19.3 Å². The second kappa shape index (κ2) is 10.7. The first-order valence-electron chi connectivity index (χ1n) is 9.19. The van der Waals surface area contributed by atoms with Crippen LogP contribution in [0.15, 0.2) is 12.3 Å². The molecule has 0 aromatic rings. The molecule has 0 aromatic heterocycles. The van der Waals surface area contributed by atoms with Crippen LogP contribution in [0.25, 0.3) is 0 Å². The van der Waals surface area contributed by atoms with Crippen molar-refractivity contribution in [2.24, 2.45) is 17.8 Å². The van der Waals surface area contributed by atoms with Gasteiger partial charge in [-0.1, -0.05) is 39.2 Å². The van der Waals surface area contributed by atoms with Gasteiger partial charge in [0.15, 0.2) is 0 Å². The van der Waals surface area contributed by atoms with Crippen LogP contribution in [-0.4, -0.2) is 30.4 Å². The van der Waals surface area contributed by atoms with Crippen molar-refractivity contribution in [1.29, 1.82) is 0 Å². The van der Waals surface area contributed by atoms with Gasteiger partial charge in [0.1, 0.15) is 11.7 Å². The van der Waals surface area contributed by atoms with Gasteiger partial charge in [-0.15, -0.1) is 0 Å². The van der Waals surface area contributed by atoms with Crippen molar-refractivity contribution in [3.8, 4) is 0 Å². The lowest BCUT2D eigenvalue weighted by Crippen LogP contribution is -2.31. The third-order valence-electron chi connectivity index (χ3n) is 4.84. The Kier molecular flexibility index (Phi) is 9.30. The monoisotopic (exact) mass is 326 g/mol. The first-order valence-corrected chi connectivity index (χ1v) is 9.19. The van der Waals surface area contributed by atoms with Gasteiger partial charge in [-0.25, -0.2) is 0 Å². The maximum Gasteiger partial charge on any atom is 0.316 e. The van der Waals surface area contributed by atoms with E-state index in [1.54, 1.807) is 0 Å². The first-order chi connectivity index (χ1) is 11.0. The molecular formula is C19H34O4. The van der Waals surface area contributed by atoms with Crippen LogP contribution in [0, 0.1) is 17.8 Å². The summed E-state index contributed by atoms with van der Waals surface area (Å²) < 4.78 is 10.7. The SMILES string of the molecule is C=C(OCC)C(CC(CC(O)CCC)C1CCC1)C(=O)OCC. The Hall–Kier alpha value is -1.03. The highest BCUT2D eigenvalue weighted by Gasteiger charge is 2.35. The van der Waals surface area contributed by atoms with Crippen LogP contribution in [0.5, 0.6) is 0 Å². The molecule has 0 bridgehead atoms. The minimum absolute atomic E-state index is 0.250. The molecule has 3 unspecified atom stereocenters. The average molecular weight is 326 g/mol. The van der Waals surface area contributed by atoms with Crippen molar-refractivity contribution in [3.63, 3.8) is 0 Å². The topological polar surface area (TPSA) is 55.8 Å². The van der Waals surface area contributed by atoms with Gasteiger partial charge in [0.05, 0.1) is 19.3 Å². The van der Waals surface area contributed by atoms with Gasteiger partial charge in [-0.05, 0) is 44.9 Å². The third kappa shape index (κ3) is 6.54. The number of hydrogen-bond donors (Lipinski definition) is 1. The molecule has 1 saturated carbocycles. The average Bonchev–Trinajstić information content (AvgIpc) is 2.43. The van der Waals surface area contributed by atoms with E-state index in [1.807, 2.05) is 13.8 Å². The van der Waals surface area contributed by atoms with Gasteiger partial charge < -0.3 is 14.6 Å². The molecule has 0 radical (unpaired) electrons. The van der Waals surface area contributed by atoms with E-state index in [9.17, 15) is 9.90 Å². The Balaban J connectivity index is 2.76. The molecule has 4 heteroatoms. The molecule has 0 saturated heterocycles. The van der Waals surface area contributed by atoms with Crippen molar-refractivity contribution in [2.75, 3.05) is 13.2 Å². The molecule has 0 heterocycles. The minimum atomic E-state index is -0.422. The Morgan fingerprint density at radius 3 is 2.30 bits per heavy atom. The van der Waals surface area contributed by atoms with E-state index in [-0.39, 0.29) is 12.1 Å². The number of esters is 1. The maximum atomic E-state index is 12.3. The maximum absolute atomic E-state index is 12.3. The summed E-state index contributed by atoms with van der Waals surface area (Å²) in [6.07, 6.45) is 6.58. The highest BCUT2D eigenvalue weighted by molar-refractivity contribution is 5.75. The van der Waals surface area contributed by atoms with Crippen LogP contribution in [0.1, 0.15) is 65.7 Å². The minimum Gasteiger partial charge on any atom is -0.498 e. The highest BCUT2D eigenvalue weighted by atomic mass is 16.5. The number of aliphatic hydroxyl groups is 1. The molecule has 1 aliphatic carbocycles. The molecular weight excluding hydrogens is 292 g/mol. The summed E-state index contributed by atoms with van der Waals surface area (Å²) >= 11 is 0. The lowest BCUT2D eigenvalue weighted by Gasteiger charge is -2.36. The second-order valence-corrected chi connectivity index (χ2v) is 6.57. The molecule has 0 amide bonds. The van der Waals surface area contributed by atoms with E-state index >= 15 is 0 Å². The fraction of sp³-hybridized carbons (Fsp3) is 0.842. The molecule has 3 atom stereocenters. The van der Waals surface area contributed by atoms with Crippen molar-refractivity contribution < 1.29 is 19.4 Å². The molecule has 4 nitrogen and oxygen atoms in total. The van der Waals surface area contributed by atoms with Crippen molar-refractivity contribution in [2.45, 2.75) is 71.8 Å². The summed E-state index contributed by atoms with van der Waals surface area (Å²) in [5, 5.41) is 10.2. The Morgan fingerprint density at radius 1 is 1.17 bits per heavy atom. The lowest BCUT2D eigenvalue weighted by molar-refractivity contribution is -0.149. The summed E-state index contributed by atoms with van der Waals surface area (Å²) in [7, 11) is 0. The van der Waals surface area contributed by atoms with E-state index in [1.165, 1.54) is 19.3 Å². The molecule has 1 fully saturated rings. The first kappa shape index (κ1) is 20.0. The number of carbonyl (C=O) groups excluding carboxylic acids is 1. The van der Waals surface area contributed by atoms with Crippen LogP contribution in [0.3, 0.4) is 0 Å². The molecule has 0 spiro atoms. The number of ether oxygens (including phenoxy) is 2. The quantitative estimate of drug-likeness (QED) is 0.434. The molecule has 0 aromatic carbocycles. The summed E-state index contributed by atoms with van der Waals surface area (Å²) in [6.45, 7) is 10.6. The molecule has 1 N–H and O–H groups in total. The Labute approximate surface area is 141 Å². The number of aliphatic hydroxyl groups excluding tert-OH is 1. The van der Waals surface area contributed by atoms with E-state index in [0.29, 0.717) is 37.2 Å². The van der Waals surface area contributed by atoms with Crippen LogP contribution >= 0.6 is 0 Å². The number of carbonyl (C=O) groups is 1. The molecule has 1 aliphatic rings. The van der Waals surface area contributed by atoms with Crippen LogP contribution in [0.4, 0.5) is 0 Å². The van der Waals surface area contributed by atoms with Crippen molar-refractivity contribution in [1.82, 2.24) is 0 Å². The van der Waals surface area contributed by atoms with Crippen molar-refractivity contribution in [3.05, 3.63) is 12.3 Å². The summed E-state index contributed by atoms with van der Waals surface area (Å²) in [4.78, 5) is 12.3. The predicted molar refractivity (Wildman–Crippen MR) is 91.9 cm³/mol. The number of rotatable bonds is 12. The van der Waals surface area contributed by atoms with Gasteiger partial charge in [-0.2, -0.15) is 0 Å². The summed E-state index contributed by atoms with van der Waals surface area (Å²) in [6, 6.07) is 0. The molecule has 0 aliphatic heterocycles. The zero-order valence-electron chi connectivity index (χ0n) is 15.1. The number of hydrogen-bond acceptors (Lipinski definition) is 4. The molecule has 134 valence electrons. The molecule has 1 rings (SSSR count). The lowest BCUT2D eigenvalue weighted by atomic mass is 9.70. The Bertz CT molecular complexity index is 344. The summed E-state index contributed by atoms with van der Waals surface area (Å²) in [5.41, 5.74) is 0. The van der Waals surface area contributed by atoms with E-state index in [4.69, 9.17) is 9.47 Å². The van der Waals surface area contributed by atoms with Gasteiger partial charge in [0.2, 0.25) is 0 Å². The van der Waals surface area contributed by atoms with Crippen LogP contribution < -0.4 is 0 Å². The van der Waals surface area contributed by atoms with Gasteiger partial charge in [0, 0.05) is 0 Å². The predicted octanol–water partition coefficient (Wildman–Crippen LogP) is 4.07. The van der Waals surface area contributed by atoms with E-state index in [2.05, 4.69) is 13.5 Å². The normalized spacial score (nSPS) is 18.6. The largest absolute Gasteiger partial charge is 0.498 e. The zero-order valence-corrected chi connectivity index (χ0v) is 15.1. The highest BCUT2D eigenvalue weighted by Crippen LogP contribution is 2.40. The third-order valence-corrected chi connectivity index (χ3v) is 4.84. The fourth-order valence-electron chi connectivity index (χ4n) is 3.38. The zero-order chi connectivity index (χ0) is 17.2. The fourth-order valence-corrected chi connectivity index (χ4v) is 3.38. The second-order valence-electron chi connectivity index (χ2n) is 6.57.